The zero-order chi connectivity index (χ0) is 29.1. The van der Waals surface area contributed by atoms with E-state index in [4.69, 9.17) is 15.2 Å². The lowest BCUT2D eigenvalue weighted by molar-refractivity contribution is -0.133. The number of hydrogen-bond acceptors (Lipinski definition) is 4. The quantitative estimate of drug-likeness (QED) is 0.217. The van der Waals surface area contributed by atoms with Crippen molar-refractivity contribution in [2.45, 2.75) is 67.0 Å². The monoisotopic (exact) mass is 544 g/mol. The molecule has 0 bridgehead atoms. The lowest BCUT2D eigenvalue weighted by Crippen LogP contribution is -2.35. The minimum atomic E-state index is -0.162. The van der Waals surface area contributed by atoms with E-state index in [2.05, 4.69) is 59.7 Å². The van der Waals surface area contributed by atoms with Gasteiger partial charge in [0.15, 0.2) is 0 Å². The van der Waals surface area contributed by atoms with Gasteiger partial charge in [0.25, 0.3) is 0 Å². The Kier molecular flexibility index (Phi) is 11.8. The van der Waals surface area contributed by atoms with Crippen LogP contribution in [-0.2, 0) is 16.1 Å². The van der Waals surface area contributed by atoms with E-state index in [9.17, 15) is 4.79 Å². The van der Waals surface area contributed by atoms with Crippen LogP contribution in [0.4, 0.5) is 0 Å². The number of nitrogens with two attached hydrogens (primary N) is 1. The van der Waals surface area contributed by atoms with Crippen LogP contribution >= 0.6 is 0 Å². The highest BCUT2D eigenvalue weighted by molar-refractivity contribution is 5.76. The van der Waals surface area contributed by atoms with Gasteiger partial charge < -0.3 is 20.1 Å². The standard InChI is InChI=1S/C35H48N2O3/c1-26(24-35(4,5)6)22-33(38)37(25-29-13-12-27(2)28(3)23-29)18-19-39-20-21-40-32-16-14-31(15-17-32)34(36)30-10-8-7-9-11-30/h7-17,23,26,34H,18-22,24-25,36H2,1-6H3. The molecule has 40 heavy (non-hydrogen) atoms. The molecule has 3 aromatic carbocycles. The third-order valence-electron chi connectivity index (χ3n) is 7.18. The van der Waals surface area contributed by atoms with Crippen LogP contribution in [0.2, 0.25) is 0 Å². The van der Waals surface area contributed by atoms with Crippen molar-refractivity contribution >= 4 is 5.91 Å². The first kappa shape index (κ1) is 31.4. The Morgan fingerprint density at radius 2 is 1.55 bits per heavy atom. The van der Waals surface area contributed by atoms with Crippen LogP contribution in [0.1, 0.15) is 74.4 Å². The highest BCUT2D eigenvalue weighted by atomic mass is 16.5. The van der Waals surface area contributed by atoms with Gasteiger partial charge in [-0.15, -0.1) is 0 Å². The van der Waals surface area contributed by atoms with E-state index < -0.39 is 0 Å². The van der Waals surface area contributed by atoms with Crippen molar-refractivity contribution in [3.8, 4) is 5.75 Å². The highest BCUT2D eigenvalue weighted by Crippen LogP contribution is 2.27. The minimum absolute atomic E-state index is 0.162. The molecule has 0 saturated heterocycles. The molecule has 3 rings (SSSR count). The molecular formula is C35H48N2O3. The first-order valence-electron chi connectivity index (χ1n) is 14.5. The number of amides is 1. The van der Waals surface area contributed by atoms with Crippen LogP contribution in [0.5, 0.6) is 5.75 Å². The molecule has 5 heteroatoms. The van der Waals surface area contributed by atoms with Crippen molar-refractivity contribution in [2.75, 3.05) is 26.4 Å². The topological polar surface area (TPSA) is 64.8 Å². The minimum Gasteiger partial charge on any atom is -0.491 e. The SMILES string of the molecule is Cc1ccc(CN(CCOCCOc2ccc(C(N)c3ccccc3)cc2)C(=O)CC(C)CC(C)(C)C)cc1C. The van der Waals surface area contributed by atoms with Gasteiger partial charge in [-0.3, -0.25) is 4.79 Å². The van der Waals surface area contributed by atoms with Gasteiger partial charge in [-0.25, -0.2) is 0 Å². The third kappa shape index (κ3) is 10.4. The average molecular weight is 545 g/mol. The predicted molar refractivity (Wildman–Crippen MR) is 164 cm³/mol. The summed E-state index contributed by atoms with van der Waals surface area (Å²) in [7, 11) is 0. The first-order valence-corrected chi connectivity index (χ1v) is 14.5. The smallest absolute Gasteiger partial charge is 0.223 e. The Morgan fingerprint density at radius 3 is 2.20 bits per heavy atom. The number of nitrogens with zero attached hydrogens (tertiary/aromatic N) is 1. The van der Waals surface area contributed by atoms with Gasteiger partial charge in [-0.1, -0.05) is 88.4 Å². The second kappa shape index (κ2) is 15.0. The Labute approximate surface area is 241 Å². The number of aryl methyl sites for hydroxylation is 2. The van der Waals surface area contributed by atoms with Gasteiger partial charge in [-0.2, -0.15) is 0 Å². The fraction of sp³-hybridized carbons (Fsp3) is 0.457. The molecule has 2 atom stereocenters. The van der Waals surface area contributed by atoms with Gasteiger partial charge in [0.2, 0.25) is 5.91 Å². The van der Waals surface area contributed by atoms with E-state index in [1.54, 1.807) is 0 Å². The second-order valence-corrected chi connectivity index (χ2v) is 12.2. The number of ether oxygens (including phenoxy) is 2. The fourth-order valence-corrected chi connectivity index (χ4v) is 5.08. The second-order valence-electron chi connectivity index (χ2n) is 12.2. The molecule has 0 aliphatic carbocycles. The maximum atomic E-state index is 13.3. The van der Waals surface area contributed by atoms with E-state index in [1.807, 2.05) is 59.5 Å². The van der Waals surface area contributed by atoms with Crippen molar-refractivity contribution in [1.29, 1.82) is 0 Å². The van der Waals surface area contributed by atoms with Crippen LogP contribution in [0, 0.1) is 25.2 Å². The molecule has 2 N–H and O–H groups in total. The van der Waals surface area contributed by atoms with Gasteiger partial charge >= 0.3 is 0 Å². The molecular weight excluding hydrogens is 496 g/mol. The number of carbonyl (C=O) groups excluding carboxylic acids is 1. The molecule has 0 heterocycles. The Balaban J connectivity index is 1.47. The Bertz CT molecular complexity index is 1190. The van der Waals surface area contributed by atoms with E-state index in [0.29, 0.717) is 45.2 Å². The first-order chi connectivity index (χ1) is 19.0. The number of benzene rings is 3. The van der Waals surface area contributed by atoms with E-state index >= 15 is 0 Å². The number of rotatable bonds is 14. The van der Waals surface area contributed by atoms with Gasteiger partial charge in [0.05, 0.1) is 19.3 Å². The van der Waals surface area contributed by atoms with Crippen LogP contribution in [0.15, 0.2) is 72.8 Å². The van der Waals surface area contributed by atoms with Gasteiger partial charge in [-0.05, 0) is 71.6 Å². The fourth-order valence-electron chi connectivity index (χ4n) is 5.08. The summed E-state index contributed by atoms with van der Waals surface area (Å²) in [5, 5.41) is 0. The summed E-state index contributed by atoms with van der Waals surface area (Å²) < 4.78 is 11.8. The molecule has 3 aromatic rings. The molecule has 5 nitrogen and oxygen atoms in total. The highest BCUT2D eigenvalue weighted by Gasteiger charge is 2.21. The van der Waals surface area contributed by atoms with E-state index in [-0.39, 0.29) is 17.4 Å². The van der Waals surface area contributed by atoms with Crippen LogP contribution < -0.4 is 10.5 Å². The van der Waals surface area contributed by atoms with E-state index in [1.165, 1.54) is 11.1 Å². The van der Waals surface area contributed by atoms with Crippen LogP contribution in [-0.4, -0.2) is 37.2 Å². The maximum Gasteiger partial charge on any atom is 0.223 e. The van der Waals surface area contributed by atoms with E-state index in [0.717, 1.165) is 28.9 Å². The molecule has 0 fully saturated rings. The molecule has 1 amide bonds. The summed E-state index contributed by atoms with van der Waals surface area (Å²) in [5.41, 5.74) is 12.4. The molecule has 0 saturated carbocycles. The normalized spacial score (nSPS) is 13.1. The van der Waals surface area contributed by atoms with Crippen molar-refractivity contribution in [3.05, 3.63) is 101 Å². The predicted octanol–water partition coefficient (Wildman–Crippen LogP) is 7.24. The molecule has 0 aromatic heterocycles. The Hall–Kier alpha value is -3.15. The van der Waals surface area contributed by atoms with Crippen molar-refractivity contribution in [2.24, 2.45) is 17.1 Å². The molecule has 0 aliphatic heterocycles. The van der Waals surface area contributed by atoms with Crippen LogP contribution in [0.25, 0.3) is 0 Å². The van der Waals surface area contributed by atoms with Gasteiger partial charge in [0.1, 0.15) is 12.4 Å². The summed E-state index contributed by atoms with van der Waals surface area (Å²) >= 11 is 0. The summed E-state index contributed by atoms with van der Waals surface area (Å²) in [5.74, 6) is 1.30. The number of carbonyl (C=O) groups is 1. The molecule has 0 spiro atoms. The lowest BCUT2D eigenvalue weighted by atomic mass is 9.84. The molecule has 0 radical (unpaired) electrons. The maximum absolute atomic E-state index is 13.3. The summed E-state index contributed by atoms with van der Waals surface area (Å²) in [6.45, 7) is 15.6. The van der Waals surface area contributed by atoms with Crippen LogP contribution in [0.3, 0.4) is 0 Å². The molecule has 0 aliphatic rings. The number of hydrogen-bond donors (Lipinski definition) is 1. The summed E-state index contributed by atoms with van der Waals surface area (Å²) in [4.78, 5) is 15.2. The largest absolute Gasteiger partial charge is 0.491 e. The van der Waals surface area contributed by atoms with Crippen molar-refractivity contribution < 1.29 is 14.3 Å². The summed E-state index contributed by atoms with van der Waals surface area (Å²) in [6.07, 6.45) is 1.57. The zero-order valence-corrected chi connectivity index (χ0v) is 25.3. The zero-order valence-electron chi connectivity index (χ0n) is 25.3. The lowest BCUT2D eigenvalue weighted by Gasteiger charge is -2.27. The average Bonchev–Trinajstić information content (AvgIpc) is 2.91. The third-order valence-corrected chi connectivity index (χ3v) is 7.18. The van der Waals surface area contributed by atoms with Gasteiger partial charge in [0, 0.05) is 19.5 Å². The van der Waals surface area contributed by atoms with Crippen molar-refractivity contribution in [3.63, 3.8) is 0 Å². The molecule has 2 unspecified atom stereocenters. The Morgan fingerprint density at radius 1 is 0.875 bits per heavy atom. The molecule has 216 valence electrons. The van der Waals surface area contributed by atoms with Crippen molar-refractivity contribution in [1.82, 2.24) is 4.90 Å². The summed E-state index contributed by atoms with van der Waals surface area (Å²) in [6, 6.07) is 24.2.